The molecule has 3 nitrogen and oxygen atoms in total. The second-order valence-electron chi connectivity index (χ2n) is 5.40. The Morgan fingerprint density at radius 1 is 1.30 bits per heavy atom. The Balaban J connectivity index is 1.50. The van der Waals surface area contributed by atoms with Gasteiger partial charge in [0.05, 0.1) is 13.2 Å². The monoisotopic (exact) mass is 288 g/mol. The zero-order chi connectivity index (χ0) is 13.9. The lowest BCUT2D eigenvalue weighted by Crippen LogP contribution is -2.41. The van der Waals surface area contributed by atoms with Crippen molar-refractivity contribution >= 4 is 11.3 Å². The van der Waals surface area contributed by atoms with E-state index in [1.54, 1.807) is 18.4 Å². The first kappa shape index (κ1) is 13.6. The van der Waals surface area contributed by atoms with Crippen LogP contribution >= 0.6 is 11.3 Å². The van der Waals surface area contributed by atoms with Gasteiger partial charge in [0.25, 0.3) is 0 Å². The van der Waals surface area contributed by atoms with E-state index in [0.717, 1.165) is 5.75 Å². The molecule has 1 saturated carbocycles. The van der Waals surface area contributed by atoms with Gasteiger partial charge >= 0.3 is 0 Å². The maximum absolute atomic E-state index is 5.20. The van der Waals surface area contributed by atoms with Gasteiger partial charge in [0, 0.05) is 17.6 Å². The second kappa shape index (κ2) is 5.94. The highest BCUT2D eigenvalue weighted by molar-refractivity contribution is 7.09. The number of thiazole rings is 1. The first-order valence-corrected chi connectivity index (χ1v) is 7.93. The summed E-state index contributed by atoms with van der Waals surface area (Å²) in [7, 11) is 1.71. The quantitative estimate of drug-likeness (QED) is 0.910. The van der Waals surface area contributed by atoms with E-state index in [2.05, 4.69) is 29.4 Å². The standard InChI is InChI=1S/C16H20N2OS/c1-11(16-17-7-8-20-16)18-14-9-13(10-14)12-3-5-15(19-2)6-4-12/h3-8,11,13-14,18H,9-10H2,1-2H3. The van der Waals surface area contributed by atoms with E-state index in [1.165, 1.54) is 23.4 Å². The van der Waals surface area contributed by atoms with E-state index in [9.17, 15) is 0 Å². The molecule has 0 bridgehead atoms. The summed E-state index contributed by atoms with van der Waals surface area (Å²) < 4.78 is 5.20. The number of methoxy groups -OCH3 is 1. The van der Waals surface area contributed by atoms with E-state index in [1.807, 2.05) is 23.7 Å². The third kappa shape index (κ3) is 2.86. The van der Waals surface area contributed by atoms with Gasteiger partial charge in [0.2, 0.25) is 0 Å². The van der Waals surface area contributed by atoms with E-state index in [0.29, 0.717) is 18.0 Å². The molecular formula is C16H20N2OS. The molecule has 4 heteroatoms. The van der Waals surface area contributed by atoms with Gasteiger partial charge < -0.3 is 10.1 Å². The lowest BCUT2D eigenvalue weighted by Gasteiger charge is -2.37. The number of nitrogens with one attached hydrogen (secondary N) is 1. The topological polar surface area (TPSA) is 34.1 Å². The van der Waals surface area contributed by atoms with Crippen molar-refractivity contribution in [3.63, 3.8) is 0 Å². The second-order valence-corrected chi connectivity index (χ2v) is 6.32. The van der Waals surface area contributed by atoms with Crippen LogP contribution in [-0.4, -0.2) is 18.1 Å². The minimum Gasteiger partial charge on any atom is -0.497 e. The summed E-state index contributed by atoms with van der Waals surface area (Å²) in [6.07, 6.45) is 4.29. The lowest BCUT2D eigenvalue weighted by molar-refractivity contribution is 0.270. The molecule has 1 heterocycles. The normalized spacial score (nSPS) is 23.1. The van der Waals surface area contributed by atoms with E-state index >= 15 is 0 Å². The molecule has 1 atom stereocenters. The van der Waals surface area contributed by atoms with Crippen molar-refractivity contribution in [3.05, 3.63) is 46.4 Å². The maximum Gasteiger partial charge on any atom is 0.118 e. The summed E-state index contributed by atoms with van der Waals surface area (Å²) >= 11 is 1.72. The molecular weight excluding hydrogens is 268 g/mol. The molecule has 1 aliphatic rings. The summed E-state index contributed by atoms with van der Waals surface area (Å²) in [6, 6.07) is 9.44. The van der Waals surface area contributed by atoms with Crippen molar-refractivity contribution in [1.82, 2.24) is 10.3 Å². The molecule has 1 aromatic heterocycles. The molecule has 1 aliphatic carbocycles. The molecule has 106 valence electrons. The molecule has 0 radical (unpaired) electrons. The molecule has 1 unspecified atom stereocenters. The van der Waals surface area contributed by atoms with Gasteiger partial charge in [-0.3, -0.25) is 0 Å². The summed E-state index contributed by atoms with van der Waals surface area (Å²) in [5, 5.41) is 6.88. The van der Waals surface area contributed by atoms with Crippen molar-refractivity contribution in [1.29, 1.82) is 0 Å². The predicted molar refractivity (Wildman–Crippen MR) is 82.4 cm³/mol. The smallest absolute Gasteiger partial charge is 0.118 e. The van der Waals surface area contributed by atoms with Gasteiger partial charge in [-0.1, -0.05) is 12.1 Å². The van der Waals surface area contributed by atoms with Gasteiger partial charge in [0.15, 0.2) is 0 Å². The number of rotatable bonds is 5. The van der Waals surface area contributed by atoms with Crippen LogP contribution in [-0.2, 0) is 0 Å². The molecule has 0 amide bonds. The van der Waals surface area contributed by atoms with Crippen molar-refractivity contribution in [2.24, 2.45) is 0 Å². The van der Waals surface area contributed by atoms with Gasteiger partial charge in [0.1, 0.15) is 10.8 Å². The highest BCUT2D eigenvalue weighted by Gasteiger charge is 2.31. The van der Waals surface area contributed by atoms with Crippen molar-refractivity contribution in [2.75, 3.05) is 7.11 Å². The summed E-state index contributed by atoms with van der Waals surface area (Å²) in [5.41, 5.74) is 1.42. The van der Waals surface area contributed by atoms with Gasteiger partial charge in [-0.25, -0.2) is 4.98 Å². The number of hydrogen-bond donors (Lipinski definition) is 1. The maximum atomic E-state index is 5.20. The fourth-order valence-electron chi connectivity index (χ4n) is 2.78. The molecule has 1 aromatic carbocycles. The number of nitrogens with zero attached hydrogens (tertiary/aromatic N) is 1. The number of hydrogen-bond acceptors (Lipinski definition) is 4. The molecule has 2 aromatic rings. The summed E-state index contributed by atoms with van der Waals surface area (Å²) in [6.45, 7) is 2.19. The van der Waals surface area contributed by atoms with Gasteiger partial charge in [-0.2, -0.15) is 0 Å². The molecule has 1 N–H and O–H groups in total. The number of aromatic nitrogens is 1. The highest BCUT2D eigenvalue weighted by atomic mass is 32.1. The Morgan fingerprint density at radius 3 is 2.65 bits per heavy atom. The molecule has 0 saturated heterocycles. The fourth-order valence-corrected chi connectivity index (χ4v) is 3.43. The van der Waals surface area contributed by atoms with Crippen LogP contribution in [0.1, 0.15) is 42.3 Å². The Morgan fingerprint density at radius 2 is 2.05 bits per heavy atom. The third-order valence-corrected chi connectivity index (χ3v) is 4.99. The molecule has 0 aliphatic heterocycles. The van der Waals surface area contributed by atoms with E-state index in [4.69, 9.17) is 4.74 Å². The molecule has 20 heavy (non-hydrogen) atoms. The summed E-state index contributed by atoms with van der Waals surface area (Å²) in [4.78, 5) is 4.37. The predicted octanol–water partition coefficient (Wildman–Crippen LogP) is 3.75. The van der Waals surface area contributed by atoms with Crippen LogP contribution in [0.25, 0.3) is 0 Å². The van der Waals surface area contributed by atoms with Gasteiger partial charge in [-0.05, 0) is 43.4 Å². The minimum atomic E-state index is 0.358. The Kier molecular flexibility index (Phi) is 4.03. The average molecular weight is 288 g/mol. The highest BCUT2D eigenvalue weighted by Crippen LogP contribution is 2.38. The first-order valence-electron chi connectivity index (χ1n) is 7.05. The largest absolute Gasteiger partial charge is 0.497 e. The summed E-state index contributed by atoms with van der Waals surface area (Å²) in [5.74, 6) is 1.61. The van der Waals surface area contributed by atoms with Crippen LogP contribution in [0.3, 0.4) is 0 Å². The molecule has 1 fully saturated rings. The zero-order valence-corrected chi connectivity index (χ0v) is 12.7. The molecule has 0 spiro atoms. The van der Waals surface area contributed by atoms with E-state index < -0.39 is 0 Å². The lowest BCUT2D eigenvalue weighted by atomic mass is 9.75. The van der Waals surface area contributed by atoms with Crippen LogP contribution in [0.4, 0.5) is 0 Å². The van der Waals surface area contributed by atoms with E-state index in [-0.39, 0.29) is 0 Å². The minimum absolute atomic E-state index is 0.358. The zero-order valence-electron chi connectivity index (χ0n) is 11.9. The van der Waals surface area contributed by atoms with Crippen LogP contribution in [0, 0.1) is 0 Å². The van der Waals surface area contributed by atoms with Crippen molar-refractivity contribution in [2.45, 2.75) is 37.8 Å². The van der Waals surface area contributed by atoms with Crippen LogP contribution in [0.2, 0.25) is 0 Å². The Bertz CT molecular complexity index is 532. The van der Waals surface area contributed by atoms with Crippen molar-refractivity contribution < 1.29 is 4.74 Å². The first-order chi connectivity index (χ1) is 9.76. The SMILES string of the molecule is COc1ccc(C2CC(NC(C)c3nccs3)C2)cc1. The number of benzene rings is 1. The Labute approximate surface area is 124 Å². The van der Waals surface area contributed by atoms with Crippen molar-refractivity contribution in [3.8, 4) is 5.75 Å². The average Bonchev–Trinajstić information content (AvgIpc) is 2.96. The van der Waals surface area contributed by atoms with Crippen LogP contribution in [0.5, 0.6) is 5.75 Å². The third-order valence-electron chi connectivity index (χ3n) is 4.03. The van der Waals surface area contributed by atoms with Crippen LogP contribution < -0.4 is 10.1 Å². The fraction of sp³-hybridized carbons (Fsp3) is 0.438. The van der Waals surface area contributed by atoms with Crippen LogP contribution in [0.15, 0.2) is 35.8 Å². The van der Waals surface area contributed by atoms with Gasteiger partial charge in [-0.15, -0.1) is 11.3 Å². The molecule has 3 rings (SSSR count). The Hall–Kier alpha value is -1.39. The number of ether oxygens (including phenoxy) is 1.